The van der Waals surface area contributed by atoms with Crippen molar-refractivity contribution in [3.63, 3.8) is 0 Å². The Balaban J connectivity index is 1.41. The van der Waals surface area contributed by atoms with E-state index in [1.165, 1.54) is 4.90 Å². The molecule has 256 valence electrons. The second-order valence-corrected chi connectivity index (χ2v) is 15.1. The van der Waals surface area contributed by atoms with Crippen LogP contribution < -0.4 is 16.0 Å². The van der Waals surface area contributed by atoms with Gasteiger partial charge in [0.1, 0.15) is 17.7 Å². The molecule has 0 aromatic heterocycles. The van der Waals surface area contributed by atoms with Gasteiger partial charge in [-0.15, -0.1) is 0 Å². The Labute approximate surface area is 280 Å². The highest BCUT2D eigenvalue weighted by Crippen LogP contribution is 2.40. The number of rotatable bonds is 11. The topological polar surface area (TPSA) is 166 Å². The number of aliphatic hydroxyl groups is 1. The largest absolute Gasteiger partial charge is 0.387 e. The summed E-state index contributed by atoms with van der Waals surface area (Å²) < 4.78 is 0. The maximum Gasteiger partial charge on any atom is 0.289 e. The third kappa shape index (κ3) is 7.80. The first-order valence-electron chi connectivity index (χ1n) is 16.6. The predicted molar refractivity (Wildman–Crippen MR) is 174 cm³/mol. The number of nitrogens with zero attached hydrogens (tertiary/aromatic N) is 2. The third-order valence-electron chi connectivity index (χ3n) is 9.57. The molecule has 2 aliphatic heterocycles. The molecule has 4 amide bonds. The van der Waals surface area contributed by atoms with Gasteiger partial charge in [-0.2, -0.15) is 0 Å². The zero-order valence-corrected chi connectivity index (χ0v) is 28.3. The Morgan fingerprint density at radius 1 is 1.13 bits per heavy atom. The molecule has 1 aromatic rings. The summed E-state index contributed by atoms with van der Waals surface area (Å²) in [5.74, 6) is -3.20. The fraction of sp³-hybridized carbons (Fsp3) is 0.647. The Hall–Kier alpha value is -3.51. The van der Waals surface area contributed by atoms with Crippen molar-refractivity contribution in [3.8, 4) is 0 Å². The molecule has 4 N–H and O–H groups in total. The van der Waals surface area contributed by atoms with Crippen LogP contribution in [-0.2, 0) is 28.8 Å². The summed E-state index contributed by atoms with van der Waals surface area (Å²) >= 11 is 6.22. The van der Waals surface area contributed by atoms with Crippen LogP contribution in [0.1, 0.15) is 97.5 Å². The normalized spacial score (nSPS) is 24.7. The van der Waals surface area contributed by atoms with E-state index in [1.807, 2.05) is 13.0 Å². The maximum atomic E-state index is 14.5. The van der Waals surface area contributed by atoms with Gasteiger partial charge in [-0.05, 0) is 62.5 Å². The minimum atomic E-state index is -1.56. The fourth-order valence-corrected chi connectivity index (χ4v) is 6.88. The van der Waals surface area contributed by atoms with Gasteiger partial charge in [0, 0.05) is 29.5 Å². The molecule has 1 unspecified atom stereocenters. The van der Waals surface area contributed by atoms with Crippen LogP contribution in [0.15, 0.2) is 29.4 Å². The molecule has 1 saturated heterocycles. The van der Waals surface area contributed by atoms with Gasteiger partial charge in [0.25, 0.3) is 11.8 Å². The lowest BCUT2D eigenvalue weighted by Crippen LogP contribution is -2.61. The maximum absolute atomic E-state index is 14.5. The molecule has 4 aliphatic rings. The summed E-state index contributed by atoms with van der Waals surface area (Å²) in [7, 11) is 0. The molecule has 47 heavy (non-hydrogen) atoms. The molecule has 3 fully saturated rings. The first kappa shape index (κ1) is 34.8. The Morgan fingerprint density at radius 3 is 2.45 bits per heavy atom. The minimum Gasteiger partial charge on any atom is -0.387 e. The van der Waals surface area contributed by atoms with Crippen LogP contribution in [0.25, 0.3) is 0 Å². The van der Waals surface area contributed by atoms with Gasteiger partial charge in [-0.3, -0.25) is 24.0 Å². The van der Waals surface area contributed by atoms with E-state index in [2.05, 4.69) is 21.1 Å². The van der Waals surface area contributed by atoms with Gasteiger partial charge in [0.05, 0.1) is 18.3 Å². The summed E-state index contributed by atoms with van der Waals surface area (Å²) in [5, 5.41) is 24.1. The zero-order chi connectivity index (χ0) is 34.1. The zero-order valence-electron chi connectivity index (χ0n) is 27.6. The van der Waals surface area contributed by atoms with Gasteiger partial charge in [0.15, 0.2) is 5.60 Å². The Bertz CT molecular complexity index is 1450. The highest BCUT2D eigenvalue weighted by atomic mass is 35.5. The second kappa shape index (κ2) is 13.5. The van der Waals surface area contributed by atoms with Gasteiger partial charge in [-0.25, -0.2) is 0 Å². The summed E-state index contributed by atoms with van der Waals surface area (Å²) in [4.78, 5) is 75.1. The van der Waals surface area contributed by atoms with Gasteiger partial charge >= 0.3 is 0 Å². The van der Waals surface area contributed by atoms with Crippen LogP contribution in [0.3, 0.4) is 0 Å². The van der Waals surface area contributed by atoms with Crippen LogP contribution in [0.2, 0.25) is 5.02 Å². The first-order chi connectivity index (χ1) is 22.1. The number of hydrogen-bond acceptors (Lipinski definition) is 8. The molecule has 5 rings (SSSR count). The van der Waals surface area contributed by atoms with Gasteiger partial charge < -0.3 is 30.8 Å². The van der Waals surface area contributed by atoms with Crippen molar-refractivity contribution < 1.29 is 33.9 Å². The quantitative estimate of drug-likeness (QED) is 0.263. The van der Waals surface area contributed by atoms with E-state index in [9.17, 15) is 29.1 Å². The molecule has 2 aliphatic carbocycles. The van der Waals surface area contributed by atoms with E-state index >= 15 is 0 Å². The molecule has 1 spiro atoms. The summed E-state index contributed by atoms with van der Waals surface area (Å²) in [6, 6.07) is 3.88. The SMILES string of the molecule is CCC[C@H](NC(=O)[C@@H]1CC2(CC(c3cccc(Cl)c3)=NO2)CN1C(=O)[C@@H](NC(=O)C1(O)CCCC1)C(C)(C)C)C(=O)C(=O)NC1CC1. The Morgan fingerprint density at radius 2 is 1.83 bits per heavy atom. The number of Topliss-reactive ketones (excluding diaryl/α,β-unsaturated/α-hetero) is 1. The van der Waals surface area contributed by atoms with Crippen LogP contribution in [-0.4, -0.2) is 87.0 Å². The van der Waals surface area contributed by atoms with E-state index in [4.69, 9.17) is 16.4 Å². The number of halogens is 1. The molecule has 2 saturated carbocycles. The predicted octanol–water partition coefficient (Wildman–Crippen LogP) is 2.77. The molecule has 0 radical (unpaired) electrons. The van der Waals surface area contributed by atoms with Crippen molar-refractivity contribution in [3.05, 3.63) is 34.9 Å². The van der Waals surface area contributed by atoms with Crippen molar-refractivity contribution in [2.75, 3.05) is 6.54 Å². The number of ketones is 1. The number of carbonyl (C=O) groups is 5. The van der Waals surface area contributed by atoms with Gasteiger partial charge in [0.2, 0.25) is 17.6 Å². The summed E-state index contributed by atoms with van der Waals surface area (Å²) in [6.07, 6.45) is 4.77. The van der Waals surface area contributed by atoms with Crippen LogP contribution >= 0.6 is 11.6 Å². The lowest BCUT2D eigenvalue weighted by atomic mass is 9.84. The number of amides is 4. The number of carbonyl (C=O) groups excluding carboxylic acids is 5. The number of oxime groups is 1. The average molecular weight is 672 g/mol. The number of hydrogen-bond donors (Lipinski definition) is 4. The van der Waals surface area contributed by atoms with Crippen molar-refractivity contribution >= 4 is 46.7 Å². The molecular formula is C34H46ClN5O7. The second-order valence-electron chi connectivity index (χ2n) is 14.7. The van der Waals surface area contributed by atoms with Crippen molar-refractivity contribution in [2.24, 2.45) is 10.6 Å². The molecule has 12 nitrogen and oxygen atoms in total. The standard InChI is InChI=1S/C34H46ClN5O7/c1-5-9-23(26(41)29(43)36-22-12-13-22)37-28(42)25-18-33(17-24(39-47-33)20-10-8-11-21(35)16-20)19-40(25)30(44)27(32(2,3)4)38-31(45)34(46)14-6-7-15-34/h8,10-11,16,22-23,25,27,46H,5-7,9,12-15,17-19H2,1-4H3,(H,36,43)(H,37,42)(H,38,45)/t23-,25-,27+,33?/m0/s1. The highest BCUT2D eigenvalue weighted by Gasteiger charge is 2.56. The number of benzene rings is 1. The molecule has 1 aromatic carbocycles. The lowest BCUT2D eigenvalue weighted by molar-refractivity contribution is -0.149. The van der Waals surface area contributed by atoms with Crippen molar-refractivity contribution in [2.45, 2.75) is 127 Å². The van der Waals surface area contributed by atoms with E-state index < -0.39 is 64.2 Å². The minimum absolute atomic E-state index is 0.0151. The highest BCUT2D eigenvalue weighted by molar-refractivity contribution is 6.38. The number of nitrogens with one attached hydrogen (secondary N) is 3. The summed E-state index contributed by atoms with van der Waals surface area (Å²) in [6.45, 7) is 7.24. The monoisotopic (exact) mass is 671 g/mol. The Kier molecular flexibility index (Phi) is 10.0. The van der Waals surface area contributed by atoms with E-state index in [0.717, 1.165) is 18.4 Å². The van der Waals surface area contributed by atoms with Crippen LogP contribution in [0.4, 0.5) is 0 Å². The number of likely N-dealkylation sites (tertiary alicyclic amines) is 1. The van der Waals surface area contributed by atoms with Crippen LogP contribution in [0, 0.1) is 5.41 Å². The molecule has 0 bridgehead atoms. The molecule has 13 heteroatoms. The van der Waals surface area contributed by atoms with Crippen molar-refractivity contribution in [1.29, 1.82) is 0 Å². The lowest BCUT2D eigenvalue weighted by Gasteiger charge is -2.37. The van der Waals surface area contributed by atoms with E-state index in [-0.39, 0.29) is 31.8 Å². The van der Waals surface area contributed by atoms with E-state index in [0.29, 0.717) is 42.8 Å². The van der Waals surface area contributed by atoms with Crippen molar-refractivity contribution in [1.82, 2.24) is 20.9 Å². The third-order valence-corrected chi connectivity index (χ3v) is 9.81. The van der Waals surface area contributed by atoms with Gasteiger partial charge in [-0.1, -0.05) is 63.0 Å². The first-order valence-corrected chi connectivity index (χ1v) is 17.0. The molecular weight excluding hydrogens is 626 g/mol. The summed E-state index contributed by atoms with van der Waals surface area (Å²) in [5.41, 5.74) is -2.05. The smallest absolute Gasteiger partial charge is 0.289 e. The van der Waals surface area contributed by atoms with Crippen LogP contribution in [0.5, 0.6) is 0 Å². The average Bonchev–Trinajstić information content (AvgIpc) is 3.38. The molecule has 2 heterocycles. The molecule has 4 atom stereocenters. The fourth-order valence-electron chi connectivity index (χ4n) is 6.69. The van der Waals surface area contributed by atoms with E-state index in [1.54, 1.807) is 39.0 Å².